The summed E-state index contributed by atoms with van der Waals surface area (Å²) >= 11 is 0. The molecule has 5 heteroatoms. The molecule has 1 aromatic rings. The SMILES string of the molecule is COC(=O)c1cccnc1NC1CCC(N)CC1. The number of hydrogen-bond acceptors (Lipinski definition) is 5. The molecule has 0 spiro atoms. The molecule has 0 atom stereocenters. The third-order valence-electron chi connectivity index (χ3n) is 3.33. The zero-order valence-electron chi connectivity index (χ0n) is 10.6. The van der Waals surface area contributed by atoms with E-state index in [-0.39, 0.29) is 5.97 Å². The summed E-state index contributed by atoms with van der Waals surface area (Å²) in [6.45, 7) is 0. The number of nitrogens with one attached hydrogen (secondary N) is 1. The van der Waals surface area contributed by atoms with Crippen molar-refractivity contribution in [2.75, 3.05) is 12.4 Å². The van der Waals surface area contributed by atoms with Crippen LogP contribution in [0, 0.1) is 0 Å². The van der Waals surface area contributed by atoms with Crippen molar-refractivity contribution in [1.82, 2.24) is 4.98 Å². The Morgan fingerprint density at radius 1 is 1.44 bits per heavy atom. The van der Waals surface area contributed by atoms with Crippen molar-refractivity contribution in [3.8, 4) is 0 Å². The third-order valence-corrected chi connectivity index (χ3v) is 3.33. The fourth-order valence-electron chi connectivity index (χ4n) is 2.25. The number of pyridine rings is 1. The summed E-state index contributed by atoms with van der Waals surface area (Å²) < 4.78 is 4.74. The topological polar surface area (TPSA) is 77.2 Å². The fraction of sp³-hybridized carbons (Fsp3) is 0.538. The number of ether oxygens (including phenoxy) is 1. The second kappa shape index (κ2) is 5.82. The van der Waals surface area contributed by atoms with Gasteiger partial charge in [0.25, 0.3) is 0 Å². The van der Waals surface area contributed by atoms with Gasteiger partial charge in [0.15, 0.2) is 0 Å². The molecular weight excluding hydrogens is 230 g/mol. The van der Waals surface area contributed by atoms with Crippen LogP contribution in [0.5, 0.6) is 0 Å². The van der Waals surface area contributed by atoms with Crippen LogP contribution >= 0.6 is 0 Å². The Bertz CT molecular complexity index is 414. The normalized spacial score (nSPS) is 23.4. The van der Waals surface area contributed by atoms with Gasteiger partial charge < -0.3 is 15.8 Å². The molecule has 2 rings (SSSR count). The number of hydrogen-bond donors (Lipinski definition) is 2. The first kappa shape index (κ1) is 12.8. The van der Waals surface area contributed by atoms with E-state index in [4.69, 9.17) is 10.5 Å². The number of nitrogens with two attached hydrogens (primary N) is 1. The second-order valence-electron chi connectivity index (χ2n) is 4.65. The lowest BCUT2D eigenvalue weighted by molar-refractivity contribution is 0.0601. The largest absolute Gasteiger partial charge is 0.465 e. The molecule has 0 bridgehead atoms. The van der Waals surface area contributed by atoms with Crippen molar-refractivity contribution in [3.05, 3.63) is 23.9 Å². The van der Waals surface area contributed by atoms with E-state index in [0.717, 1.165) is 25.7 Å². The molecule has 0 aromatic carbocycles. The number of carbonyl (C=O) groups is 1. The summed E-state index contributed by atoms with van der Waals surface area (Å²) in [5.74, 6) is 0.239. The average Bonchev–Trinajstić information content (AvgIpc) is 2.41. The monoisotopic (exact) mass is 249 g/mol. The van der Waals surface area contributed by atoms with E-state index in [2.05, 4.69) is 10.3 Å². The third kappa shape index (κ3) is 2.98. The molecule has 5 nitrogen and oxygen atoms in total. The Hall–Kier alpha value is -1.62. The van der Waals surface area contributed by atoms with E-state index in [1.807, 2.05) is 0 Å². The molecule has 1 fully saturated rings. The van der Waals surface area contributed by atoms with E-state index in [0.29, 0.717) is 23.5 Å². The minimum absolute atomic E-state index is 0.312. The van der Waals surface area contributed by atoms with E-state index in [1.165, 1.54) is 7.11 Å². The molecule has 1 heterocycles. The van der Waals surface area contributed by atoms with Gasteiger partial charge in [-0.15, -0.1) is 0 Å². The molecule has 0 unspecified atom stereocenters. The maximum atomic E-state index is 11.6. The van der Waals surface area contributed by atoms with Crippen molar-refractivity contribution in [1.29, 1.82) is 0 Å². The Kier molecular flexibility index (Phi) is 4.15. The maximum absolute atomic E-state index is 11.6. The number of anilines is 1. The molecule has 1 saturated carbocycles. The van der Waals surface area contributed by atoms with Gasteiger partial charge in [0.05, 0.1) is 7.11 Å². The van der Waals surface area contributed by atoms with Gasteiger partial charge in [-0.1, -0.05) is 0 Å². The number of nitrogens with zero attached hydrogens (tertiary/aromatic N) is 1. The summed E-state index contributed by atoms with van der Waals surface area (Å²) in [5, 5.41) is 3.32. The fourth-order valence-corrected chi connectivity index (χ4v) is 2.25. The Morgan fingerprint density at radius 3 is 2.83 bits per heavy atom. The van der Waals surface area contributed by atoms with Gasteiger partial charge in [-0.25, -0.2) is 9.78 Å². The average molecular weight is 249 g/mol. The van der Waals surface area contributed by atoms with Crippen LogP contribution in [0.25, 0.3) is 0 Å². The number of rotatable bonds is 3. The lowest BCUT2D eigenvalue weighted by Crippen LogP contribution is -2.33. The van der Waals surface area contributed by atoms with Gasteiger partial charge in [-0.05, 0) is 37.8 Å². The van der Waals surface area contributed by atoms with Crippen molar-refractivity contribution >= 4 is 11.8 Å². The number of aromatic nitrogens is 1. The van der Waals surface area contributed by atoms with Gasteiger partial charge in [0, 0.05) is 18.3 Å². The molecule has 3 N–H and O–H groups in total. The summed E-state index contributed by atoms with van der Waals surface area (Å²) in [6.07, 6.45) is 5.72. The highest BCUT2D eigenvalue weighted by Gasteiger charge is 2.21. The van der Waals surface area contributed by atoms with Crippen molar-refractivity contribution in [2.45, 2.75) is 37.8 Å². The molecular formula is C13H19N3O2. The van der Waals surface area contributed by atoms with Crippen molar-refractivity contribution < 1.29 is 9.53 Å². The number of methoxy groups -OCH3 is 1. The minimum atomic E-state index is -0.363. The first-order valence-corrected chi connectivity index (χ1v) is 6.26. The second-order valence-corrected chi connectivity index (χ2v) is 4.65. The molecule has 1 aliphatic carbocycles. The Balaban J connectivity index is 2.07. The van der Waals surface area contributed by atoms with Crippen LogP contribution in [0.4, 0.5) is 5.82 Å². The predicted octanol–water partition coefficient (Wildman–Crippen LogP) is 1.55. The minimum Gasteiger partial charge on any atom is -0.465 e. The van der Waals surface area contributed by atoms with Crippen molar-refractivity contribution in [2.24, 2.45) is 5.73 Å². The quantitative estimate of drug-likeness (QED) is 0.795. The molecule has 0 radical (unpaired) electrons. The summed E-state index contributed by atoms with van der Waals surface area (Å²) in [4.78, 5) is 15.8. The van der Waals surface area contributed by atoms with Crippen molar-refractivity contribution in [3.63, 3.8) is 0 Å². The standard InChI is InChI=1S/C13H19N3O2/c1-18-13(17)11-3-2-8-15-12(11)16-10-6-4-9(14)5-7-10/h2-3,8-10H,4-7,14H2,1H3,(H,15,16). The molecule has 1 aliphatic rings. The van der Waals surface area contributed by atoms with Crippen LogP contribution in [0.3, 0.4) is 0 Å². The van der Waals surface area contributed by atoms with Crippen LogP contribution in [0.1, 0.15) is 36.0 Å². The molecule has 0 amide bonds. The zero-order chi connectivity index (χ0) is 13.0. The lowest BCUT2D eigenvalue weighted by atomic mass is 9.92. The Labute approximate surface area is 107 Å². The highest BCUT2D eigenvalue weighted by Crippen LogP contribution is 2.22. The molecule has 98 valence electrons. The van der Waals surface area contributed by atoms with Gasteiger partial charge >= 0.3 is 5.97 Å². The van der Waals surface area contributed by atoms with Gasteiger partial charge in [0.2, 0.25) is 0 Å². The van der Waals surface area contributed by atoms with Gasteiger partial charge in [0.1, 0.15) is 11.4 Å². The van der Waals surface area contributed by atoms with E-state index in [1.54, 1.807) is 18.3 Å². The molecule has 18 heavy (non-hydrogen) atoms. The lowest BCUT2D eigenvalue weighted by Gasteiger charge is -2.27. The van der Waals surface area contributed by atoms with Gasteiger partial charge in [-0.3, -0.25) is 0 Å². The number of carbonyl (C=O) groups excluding carboxylic acids is 1. The van der Waals surface area contributed by atoms with Crippen LogP contribution in [-0.4, -0.2) is 30.1 Å². The first-order chi connectivity index (χ1) is 8.70. The zero-order valence-corrected chi connectivity index (χ0v) is 10.6. The van der Waals surface area contributed by atoms with E-state index < -0.39 is 0 Å². The number of esters is 1. The smallest absolute Gasteiger partial charge is 0.341 e. The summed E-state index contributed by atoms with van der Waals surface area (Å²) in [5.41, 5.74) is 6.35. The van der Waals surface area contributed by atoms with Crippen LogP contribution in [-0.2, 0) is 4.74 Å². The first-order valence-electron chi connectivity index (χ1n) is 6.26. The van der Waals surface area contributed by atoms with E-state index >= 15 is 0 Å². The summed E-state index contributed by atoms with van der Waals surface area (Å²) in [7, 11) is 1.37. The molecule has 1 aromatic heterocycles. The molecule has 0 saturated heterocycles. The Morgan fingerprint density at radius 2 is 2.17 bits per heavy atom. The predicted molar refractivity (Wildman–Crippen MR) is 69.4 cm³/mol. The van der Waals surface area contributed by atoms with Crippen LogP contribution < -0.4 is 11.1 Å². The van der Waals surface area contributed by atoms with Gasteiger partial charge in [-0.2, -0.15) is 0 Å². The maximum Gasteiger partial charge on any atom is 0.341 e. The molecule has 0 aliphatic heterocycles. The highest BCUT2D eigenvalue weighted by atomic mass is 16.5. The van der Waals surface area contributed by atoms with E-state index in [9.17, 15) is 4.79 Å². The van der Waals surface area contributed by atoms with Crippen LogP contribution in [0.2, 0.25) is 0 Å². The highest BCUT2D eigenvalue weighted by molar-refractivity contribution is 5.94. The van der Waals surface area contributed by atoms with Crippen LogP contribution in [0.15, 0.2) is 18.3 Å². The summed E-state index contributed by atoms with van der Waals surface area (Å²) in [6, 6.07) is 4.10.